The van der Waals surface area contributed by atoms with Crippen molar-refractivity contribution in [3.05, 3.63) is 18.2 Å². The van der Waals surface area contributed by atoms with Crippen LogP contribution >= 0.6 is 0 Å². The Morgan fingerprint density at radius 3 is 2.32 bits per heavy atom. The summed E-state index contributed by atoms with van der Waals surface area (Å²) < 4.78 is 57.5. The molecule has 11 heteroatoms. The lowest BCUT2D eigenvalue weighted by Crippen LogP contribution is -2.40. The number of anilines is 1. The van der Waals surface area contributed by atoms with Gasteiger partial charge in [-0.25, -0.2) is 16.8 Å². The molecule has 1 aromatic carbocycles. The van der Waals surface area contributed by atoms with E-state index in [0.29, 0.717) is 0 Å². The van der Waals surface area contributed by atoms with E-state index in [0.717, 1.165) is 4.31 Å². The molecule has 0 aliphatic heterocycles. The molecule has 0 atom stereocenters. The van der Waals surface area contributed by atoms with Gasteiger partial charge in [-0.3, -0.25) is 9.52 Å². The van der Waals surface area contributed by atoms with Gasteiger partial charge in [0.15, 0.2) is 0 Å². The molecule has 142 valence electrons. The van der Waals surface area contributed by atoms with Crippen molar-refractivity contribution >= 4 is 31.7 Å². The Hall–Kier alpha value is -1.85. The molecule has 1 aromatic rings. The number of benzene rings is 1. The van der Waals surface area contributed by atoms with Gasteiger partial charge in [-0.1, -0.05) is 0 Å². The van der Waals surface area contributed by atoms with E-state index in [4.69, 9.17) is 9.84 Å². The molecule has 0 aliphatic carbocycles. The van der Waals surface area contributed by atoms with E-state index in [9.17, 15) is 21.6 Å². The van der Waals surface area contributed by atoms with Gasteiger partial charge in [0, 0.05) is 12.1 Å². The number of carbonyl (C=O) groups is 1. The van der Waals surface area contributed by atoms with Gasteiger partial charge in [0.05, 0.1) is 18.6 Å². The smallest absolute Gasteiger partial charge is 0.318 e. The highest BCUT2D eigenvalue weighted by atomic mass is 32.2. The number of sulfonamides is 2. The molecule has 25 heavy (non-hydrogen) atoms. The number of nitrogens with one attached hydrogen (secondary N) is 1. The third kappa shape index (κ3) is 5.31. The number of aliphatic carboxylic acids is 1. The molecule has 9 nitrogen and oxygen atoms in total. The van der Waals surface area contributed by atoms with Gasteiger partial charge in [-0.15, -0.1) is 0 Å². The molecule has 0 fully saturated rings. The first-order valence-corrected chi connectivity index (χ1v) is 10.5. The van der Waals surface area contributed by atoms with Crippen molar-refractivity contribution in [3.8, 4) is 5.75 Å². The Morgan fingerprint density at radius 1 is 1.28 bits per heavy atom. The van der Waals surface area contributed by atoms with Crippen molar-refractivity contribution in [2.45, 2.75) is 31.7 Å². The number of ether oxygens (including phenoxy) is 1. The third-order valence-electron chi connectivity index (χ3n) is 3.29. The van der Waals surface area contributed by atoms with Gasteiger partial charge in [-0.2, -0.15) is 4.31 Å². The molecule has 0 saturated carbocycles. The summed E-state index contributed by atoms with van der Waals surface area (Å²) in [4.78, 5) is 10.7. The molecule has 1 rings (SSSR count). The van der Waals surface area contributed by atoms with Crippen LogP contribution in [0.5, 0.6) is 5.75 Å². The van der Waals surface area contributed by atoms with Crippen molar-refractivity contribution < 1.29 is 31.5 Å². The molecular weight excluding hydrogens is 372 g/mol. The number of hydrogen-bond acceptors (Lipinski definition) is 6. The zero-order valence-corrected chi connectivity index (χ0v) is 16.0. The molecule has 0 spiro atoms. The summed E-state index contributed by atoms with van der Waals surface area (Å²) in [5.74, 6) is -1.32. The summed E-state index contributed by atoms with van der Waals surface area (Å²) >= 11 is 0. The minimum absolute atomic E-state index is 0.197. The second-order valence-electron chi connectivity index (χ2n) is 5.41. The van der Waals surface area contributed by atoms with Crippen molar-refractivity contribution in [2.75, 3.05) is 24.1 Å². The number of carboxylic acids is 1. The van der Waals surface area contributed by atoms with Gasteiger partial charge in [0.1, 0.15) is 17.2 Å². The van der Waals surface area contributed by atoms with E-state index in [1.165, 1.54) is 46.1 Å². The average molecular weight is 394 g/mol. The van der Waals surface area contributed by atoms with Crippen LogP contribution in [0.15, 0.2) is 23.1 Å². The Balaban J connectivity index is 3.54. The Morgan fingerprint density at radius 2 is 1.88 bits per heavy atom. The fraction of sp³-hybridized carbons (Fsp3) is 0.500. The molecule has 0 saturated heterocycles. The Labute approximate surface area is 147 Å². The van der Waals surface area contributed by atoms with E-state index in [2.05, 4.69) is 4.72 Å². The van der Waals surface area contributed by atoms with Gasteiger partial charge >= 0.3 is 5.97 Å². The molecule has 0 radical (unpaired) electrons. The fourth-order valence-electron chi connectivity index (χ4n) is 1.99. The first kappa shape index (κ1) is 21.2. The van der Waals surface area contributed by atoms with Crippen molar-refractivity contribution in [2.24, 2.45) is 0 Å². The highest BCUT2D eigenvalue weighted by Crippen LogP contribution is 2.30. The topological polar surface area (TPSA) is 130 Å². The Bertz CT molecular complexity index is 833. The summed E-state index contributed by atoms with van der Waals surface area (Å²) in [6.07, 6.45) is 0. The van der Waals surface area contributed by atoms with E-state index in [1.54, 1.807) is 0 Å². The molecule has 0 unspecified atom stereocenters. The molecule has 0 bridgehead atoms. The van der Waals surface area contributed by atoms with Crippen LogP contribution in [0.25, 0.3) is 0 Å². The molecular formula is C14H22N2O7S2. The largest absolute Gasteiger partial charge is 0.497 e. The summed E-state index contributed by atoms with van der Waals surface area (Å²) in [6, 6.07) is 3.13. The van der Waals surface area contributed by atoms with E-state index >= 15 is 0 Å². The maximum Gasteiger partial charge on any atom is 0.318 e. The lowest BCUT2D eigenvalue weighted by molar-refractivity contribution is -0.137. The predicted molar refractivity (Wildman–Crippen MR) is 92.7 cm³/mol. The predicted octanol–water partition coefficient (Wildman–Crippen LogP) is 0.940. The maximum absolute atomic E-state index is 12.9. The second kappa shape index (κ2) is 8.02. The maximum atomic E-state index is 12.9. The van der Waals surface area contributed by atoms with Crippen LogP contribution in [-0.2, 0) is 24.8 Å². The zero-order chi connectivity index (χ0) is 19.4. The summed E-state index contributed by atoms with van der Waals surface area (Å²) in [6.45, 7) is 3.72. The third-order valence-corrected chi connectivity index (χ3v) is 6.66. The van der Waals surface area contributed by atoms with E-state index in [-0.39, 0.29) is 22.1 Å². The van der Waals surface area contributed by atoms with Crippen LogP contribution in [0.4, 0.5) is 5.69 Å². The first-order valence-electron chi connectivity index (χ1n) is 7.36. The molecule has 0 heterocycles. The fourth-order valence-corrected chi connectivity index (χ4v) is 4.41. The minimum Gasteiger partial charge on any atom is -0.497 e. The number of rotatable bonds is 9. The van der Waals surface area contributed by atoms with Crippen LogP contribution in [0, 0.1) is 0 Å². The van der Waals surface area contributed by atoms with Crippen LogP contribution in [0.1, 0.15) is 20.8 Å². The molecule has 0 aliphatic rings. The lowest BCUT2D eigenvalue weighted by atomic mass is 10.3. The lowest BCUT2D eigenvalue weighted by Gasteiger charge is -2.25. The average Bonchev–Trinajstić information content (AvgIpc) is 2.51. The van der Waals surface area contributed by atoms with E-state index < -0.39 is 38.6 Å². The van der Waals surface area contributed by atoms with E-state index in [1.807, 2.05) is 0 Å². The summed E-state index contributed by atoms with van der Waals surface area (Å²) in [5, 5.41) is 8.98. The highest BCUT2D eigenvalue weighted by Gasteiger charge is 2.32. The number of methoxy groups -OCH3 is 1. The Kier molecular flexibility index (Phi) is 6.80. The normalized spacial score (nSPS) is 12.4. The standard InChI is InChI=1S/C14H22N2O7S2/c1-5-24(19,20)15-12-8-11(23-4)6-7-13(12)25(21,22)16(10(2)3)9-14(17)18/h6-8,10,15H,5,9H2,1-4H3,(H,17,18). The number of hydrogen-bond donors (Lipinski definition) is 2. The van der Waals surface area contributed by atoms with Crippen LogP contribution in [0.3, 0.4) is 0 Å². The van der Waals surface area contributed by atoms with Crippen LogP contribution in [0.2, 0.25) is 0 Å². The number of nitrogens with zero attached hydrogens (tertiary/aromatic N) is 1. The zero-order valence-electron chi connectivity index (χ0n) is 14.4. The SMILES string of the molecule is CCS(=O)(=O)Nc1cc(OC)ccc1S(=O)(=O)N(CC(=O)O)C(C)C. The molecule has 0 amide bonds. The van der Waals surface area contributed by atoms with Crippen LogP contribution in [-0.4, -0.2) is 57.7 Å². The number of carboxylic acid groups (broad SMARTS) is 1. The van der Waals surface area contributed by atoms with Crippen molar-refractivity contribution in [1.29, 1.82) is 0 Å². The van der Waals surface area contributed by atoms with Crippen LogP contribution < -0.4 is 9.46 Å². The molecule has 0 aromatic heterocycles. The summed E-state index contributed by atoms with van der Waals surface area (Å²) in [5.41, 5.74) is -0.197. The quantitative estimate of drug-likeness (QED) is 0.637. The molecule has 2 N–H and O–H groups in total. The van der Waals surface area contributed by atoms with Gasteiger partial charge in [-0.05, 0) is 32.9 Å². The first-order chi connectivity index (χ1) is 11.4. The monoisotopic (exact) mass is 394 g/mol. The van der Waals surface area contributed by atoms with Gasteiger partial charge in [0.25, 0.3) is 0 Å². The van der Waals surface area contributed by atoms with Gasteiger partial charge < -0.3 is 9.84 Å². The second-order valence-corrected chi connectivity index (χ2v) is 9.28. The minimum atomic E-state index is -4.26. The summed E-state index contributed by atoms with van der Waals surface area (Å²) in [7, 11) is -6.66. The highest BCUT2D eigenvalue weighted by molar-refractivity contribution is 7.93. The van der Waals surface area contributed by atoms with Crippen molar-refractivity contribution in [3.63, 3.8) is 0 Å². The van der Waals surface area contributed by atoms with Gasteiger partial charge in [0.2, 0.25) is 20.0 Å². The van der Waals surface area contributed by atoms with Crippen molar-refractivity contribution in [1.82, 2.24) is 4.31 Å².